The monoisotopic (exact) mass is 390 g/mol. The van der Waals surface area contributed by atoms with Crippen LogP contribution < -0.4 is 9.88 Å². The molecular formula is C19H19FN2O4S. The van der Waals surface area contributed by atoms with Crippen LogP contribution in [0.25, 0.3) is 17.2 Å². The van der Waals surface area contributed by atoms with Gasteiger partial charge in [-0.3, -0.25) is 0 Å². The summed E-state index contributed by atoms with van der Waals surface area (Å²) < 4.78 is 53.3. The Morgan fingerprint density at radius 3 is 2.67 bits per heavy atom. The number of hydrogen-bond acceptors (Lipinski definition) is 5. The van der Waals surface area contributed by atoms with Gasteiger partial charge >= 0.3 is 5.89 Å². The van der Waals surface area contributed by atoms with Gasteiger partial charge in [-0.05, 0) is 24.6 Å². The number of nitrogens with zero attached hydrogens (tertiary/aromatic N) is 1. The van der Waals surface area contributed by atoms with Crippen LogP contribution in [0, 0.1) is 5.82 Å². The molecule has 3 rings (SSSR count). The Balaban J connectivity index is 1.79. The Hall–Kier alpha value is -2.71. The smallest absolute Gasteiger partial charge is 0.375 e. The number of para-hydroxylation sites is 1. The molecule has 2 aromatic carbocycles. The third-order valence-electron chi connectivity index (χ3n) is 3.97. The van der Waals surface area contributed by atoms with Crippen molar-refractivity contribution < 1.29 is 26.3 Å². The zero-order valence-corrected chi connectivity index (χ0v) is 15.3. The van der Waals surface area contributed by atoms with Gasteiger partial charge in [-0.1, -0.05) is 18.2 Å². The van der Waals surface area contributed by atoms with Gasteiger partial charge in [0.25, 0.3) is 5.52 Å². The summed E-state index contributed by atoms with van der Waals surface area (Å²) in [5.74, 6) is -0.318. The predicted molar refractivity (Wildman–Crippen MR) is 99.3 cm³/mol. The first-order valence-corrected chi connectivity index (χ1v) is 10.0. The molecule has 0 bridgehead atoms. The van der Waals surface area contributed by atoms with E-state index in [1.165, 1.54) is 12.1 Å². The zero-order chi connectivity index (χ0) is 19.3. The maximum Gasteiger partial charge on any atom is 0.375 e. The normalized spacial score (nSPS) is 12.1. The van der Waals surface area contributed by atoms with Crippen LogP contribution in [-0.2, 0) is 16.7 Å². The fourth-order valence-corrected chi connectivity index (χ4v) is 3.28. The zero-order valence-electron chi connectivity index (χ0n) is 14.5. The number of fused-ring (bicyclic) bond motifs is 1. The molecule has 1 heterocycles. The summed E-state index contributed by atoms with van der Waals surface area (Å²) in [6, 6.07) is 13.8. The summed E-state index contributed by atoms with van der Waals surface area (Å²) in [7, 11) is -4.22. The largest absolute Gasteiger partial charge is 0.748 e. The van der Waals surface area contributed by atoms with Gasteiger partial charge in [0.2, 0.25) is 5.58 Å². The third-order valence-corrected chi connectivity index (χ3v) is 4.76. The molecular weight excluding hydrogens is 371 g/mol. The first-order valence-electron chi connectivity index (χ1n) is 8.46. The predicted octanol–water partition coefficient (Wildman–Crippen LogP) is 3.27. The molecule has 142 valence electrons. The summed E-state index contributed by atoms with van der Waals surface area (Å²) in [4.78, 5) is 0. The molecule has 0 radical (unpaired) electrons. The highest BCUT2D eigenvalue weighted by Crippen LogP contribution is 2.17. The van der Waals surface area contributed by atoms with E-state index >= 15 is 0 Å². The molecule has 0 fully saturated rings. The van der Waals surface area contributed by atoms with Crippen LogP contribution in [0.4, 0.5) is 10.1 Å². The molecule has 0 amide bonds. The number of aromatic nitrogens is 1. The molecule has 3 aromatic rings. The number of nitrogens with one attached hydrogen (secondary N) is 1. The first-order chi connectivity index (χ1) is 12.9. The average molecular weight is 390 g/mol. The topological polar surface area (TPSA) is 86.2 Å². The van der Waals surface area contributed by atoms with Crippen LogP contribution in [0.2, 0.25) is 0 Å². The van der Waals surface area contributed by atoms with Crippen LogP contribution in [-0.4, -0.2) is 18.7 Å². The minimum atomic E-state index is -4.22. The fourth-order valence-electron chi connectivity index (χ4n) is 2.73. The Kier molecular flexibility index (Phi) is 5.88. The quantitative estimate of drug-likeness (QED) is 0.362. The van der Waals surface area contributed by atoms with Crippen molar-refractivity contribution in [2.45, 2.75) is 19.4 Å². The number of hydrogen-bond donors (Lipinski definition) is 1. The van der Waals surface area contributed by atoms with E-state index in [9.17, 15) is 17.4 Å². The molecule has 0 aliphatic carbocycles. The van der Waals surface area contributed by atoms with E-state index in [-0.39, 0.29) is 6.42 Å². The molecule has 6 nitrogen and oxygen atoms in total. The van der Waals surface area contributed by atoms with Crippen molar-refractivity contribution >= 4 is 33.0 Å². The van der Waals surface area contributed by atoms with Crippen LogP contribution in [0.15, 0.2) is 59.1 Å². The Labute approximate surface area is 156 Å². The molecule has 0 atom stereocenters. The van der Waals surface area contributed by atoms with Crippen molar-refractivity contribution in [1.82, 2.24) is 0 Å². The summed E-state index contributed by atoms with van der Waals surface area (Å²) >= 11 is 0. The van der Waals surface area contributed by atoms with Gasteiger partial charge in [0.05, 0.1) is 16.2 Å². The van der Waals surface area contributed by atoms with Crippen molar-refractivity contribution in [3.8, 4) is 0 Å². The first kappa shape index (κ1) is 19.1. The lowest BCUT2D eigenvalue weighted by atomic mass is 10.3. The maximum atomic E-state index is 13.5. The molecule has 1 N–H and O–H groups in total. The van der Waals surface area contributed by atoms with Crippen molar-refractivity contribution in [2.75, 3.05) is 11.1 Å². The highest BCUT2D eigenvalue weighted by atomic mass is 32.2. The van der Waals surface area contributed by atoms with E-state index in [0.29, 0.717) is 30.0 Å². The second-order valence-corrected chi connectivity index (χ2v) is 7.54. The highest BCUT2D eigenvalue weighted by molar-refractivity contribution is 7.85. The summed E-state index contributed by atoms with van der Waals surface area (Å²) in [5, 5.41) is 3.11. The maximum absolute atomic E-state index is 13.5. The minimum Gasteiger partial charge on any atom is -0.748 e. The molecule has 8 heteroatoms. The number of anilines is 1. The SMILES string of the molecule is O=S(=O)([O-])CCCC[n+]1c(/C=C/Nc2ccccc2)oc2cc(F)ccc21. The van der Waals surface area contributed by atoms with E-state index < -0.39 is 21.7 Å². The average Bonchev–Trinajstić information content (AvgIpc) is 2.95. The minimum absolute atomic E-state index is 0.248. The van der Waals surface area contributed by atoms with Crippen molar-refractivity contribution in [3.05, 3.63) is 66.4 Å². The molecule has 0 saturated heterocycles. The van der Waals surface area contributed by atoms with Crippen molar-refractivity contribution in [3.63, 3.8) is 0 Å². The highest BCUT2D eigenvalue weighted by Gasteiger charge is 2.20. The second-order valence-electron chi connectivity index (χ2n) is 6.02. The summed E-state index contributed by atoms with van der Waals surface area (Å²) in [5.41, 5.74) is 2.00. The van der Waals surface area contributed by atoms with Gasteiger partial charge in [0.1, 0.15) is 5.82 Å². The van der Waals surface area contributed by atoms with Crippen LogP contribution in [0.5, 0.6) is 0 Å². The number of rotatable bonds is 8. The van der Waals surface area contributed by atoms with Crippen LogP contribution >= 0.6 is 0 Å². The molecule has 0 aliphatic heterocycles. The van der Waals surface area contributed by atoms with Gasteiger partial charge < -0.3 is 14.3 Å². The summed E-state index contributed by atoms with van der Waals surface area (Å²) in [6.07, 6.45) is 4.15. The summed E-state index contributed by atoms with van der Waals surface area (Å²) in [6.45, 7) is 0.444. The number of benzene rings is 2. The molecule has 0 aliphatic rings. The van der Waals surface area contributed by atoms with Crippen molar-refractivity contribution in [2.24, 2.45) is 0 Å². The molecule has 0 unspecified atom stereocenters. The number of aryl methyl sites for hydroxylation is 1. The molecule has 0 saturated carbocycles. The van der Waals surface area contributed by atoms with Crippen LogP contribution in [0.3, 0.4) is 0 Å². The Bertz CT molecular complexity index is 1050. The fraction of sp³-hybridized carbons (Fsp3) is 0.211. The lowest BCUT2D eigenvalue weighted by molar-refractivity contribution is -0.678. The van der Waals surface area contributed by atoms with Gasteiger partial charge in [-0.25, -0.2) is 12.8 Å². The van der Waals surface area contributed by atoms with Gasteiger partial charge in [0, 0.05) is 36.2 Å². The molecule has 27 heavy (non-hydrogen) atoms. The molecule has 1 aromatic heterocycles. The van der Waals surface area contributed by atoms with Crippen LogP contribution in [0.1, 0.15) is 18.7 Å². The van der Waals surface area contributed by atoms with E-state index in [1.54, 1.807) is 18.3 Å². The number of unbranched alkanes of at least 4 members (excludes halogenated alkanes) is 1. The van der Waals surface area contributed by atoms with Gasteiger partial charge in [0.15, 0.2) is 6.54 Å². The van der Waals surface area contributed by atoms with Crippen molar-refractivity contribution in [1.29, 1.82) is 0 Å². The second kappa shape index (κ2) is 8.32. The van der Waals surface area contributed by atoms with E-state index in [0.717, 1.165) is 5.69 Å². The third kappa shape index (κ3) is 5.38. The van der Waals surface area contributed by atoms with Gasteiger partial charge in [-0.2, -0.15) is 4.57 Å². The standard InChI is InChI=1S/C19H19FN2O4S/c20-15-8-9-17-18(14-15)26-19(10-11-21-16-6-2-1-3-7-16)22(17)12-4-5-13-27(23,24)25/h1-3,6-11,14H,4-5,12-13H2,(H,23,24,25). The number of halogens is 1. The van der Waals surface area contributed by atoms with E-state index in [2.05, 4.69) is 5.32 Å². The van der Waals surface area contributed by atoms with E-state index in [1.807, 2.05) is 34.9 Å². The Morgan fingerprint density at radius 2 is 1.93 bits per heavy atom. The number of oxazole rings is 1. The lowest BCUT2D eigenvalue weighted by Crippen LogP contribution is -2.35. The molecule has 0 spiro atoms. The lowest BCUT2D eigenvalue weighted by Gasteiger charge is -2.04. The van der Waals surface area contributed by atoms with E-state index in [4.69, 9.17) is 4.42 Å². The van der Waals surface area contributed by atoms with Gasteiger partial charge in [-0.15, -0.1) is 0 Å². The Morgan fingerprint density at radius 1 is 1.15 bits per heavy atom.